The Morgan fingerprint density at radius 2 is 1.96 bits per heavy atom. The third kappa shape index (κ3) is 2.94. The summed E-state index contributed by atoms with van der Waals surface area (Å²) < 4.78 is 11.3. The van der Waals surface area contributed by atoms with Gasteiger partial charge in [-0.2, -0.15) is 0 Å². The van der Waals surface area contributed by atoms with Crippen LogP contribution in [-0.4, -0.2) is 23.9 Å². The van der Waals surface area contributed by atoms with Crippen molar-refractivity contribution in [2.45, 2.75) is 39.0 Å². The topological polar surface area (TPSA) is 50.8 Å². The van der Waals surface area contributed by atoms with E-state index in [1.165, 1.54) is 18.2 Å². The number of esters is 1. The molecule has 0 amide bonds. The third-order valence-corrected chi connectivity index (χ3v) is 5.46. The summed E-state index contributed by atoms with van der Waals surface area (Å²) in [6, 6.07) is 11.7. The van der Waals surface area contributed by atoms with E-state index in [2.05, 4.69) is 49.2 Å². The lowest BCUT2D eigenvalue weighted by Crippen LogP contribution is -2.65. The summed E-state index contributed by atoms with van der Waals surface area (Å²) in [6.45, 7) is 6.21. The molecule has 140 valence electrons. The molecule has 2 heterocycles. The van der Waals surface area contributed by atoms with Gasteiger partial charge in [-0.1, -0.05) is 6.07 Å². The van der Waals surface area contributed by atoms with Gasteiger partial charge < -0.3 is 14.8 Å². The molecule has 1 N–H and O–H groups in total. The predicted octanol–water partition coefficient (Wildman–Crippen LogP) is 4.02. The Labute approximate surface area is 164 Å². The van der Waals surface area contributed by atoms with Gasteiger partial charge in [-0.3, -0.25) is 4.90 Å². The summed E-state index contributed by atoms with van der Waals surface area (Å²) in [5.41, 5.74) is 4.20. The number of ether oxygens (including phenoxy) is 2. The predicted molar refractivity (Wildman–Crippen MR) is 108 cm³/mol. The number of hydrogen-bond acceptors (Lipinski definition) is 4. The molecule has 1 saturated heterocycles. The van der Waals surface area contributed by atoms with Crippen LogP contribution in [-0.2, 0) is 4.74 Å². The number of carbonyl (C=O) groups excluding carboxylic acids is 1. The van der Waals surface area contributed by atoms with Crippen molar-refractivity contribution in [2.75, 3.05) is 12.0 Å². The lowest BCUT2D eigenvalue weighted by molar-refractivity contribution is 0.0494. The van der Waals surface area contributed by atoms with Gasteiger partial charge >= 0.3 is 5.97 Å². The number of nitrogens with one attached hydrogen (secondary N) is 1. The van der Waals surface area contributed by atoms with Crippen LogP contribution in [0, 0.1) is 13.8 Å². The molecule has 0 aromatic heterocycles. The smallest absolute Gasteiger partial charge is 0.337 e. The lowest BCUT2D eigenvalue weighted by Gasteiger charge is -2.52. The molecule has 27 heavy (non-hydrogen) atoms. The zero-order valence-corrected chi connectivity index (χ0v) is 16.6. The molecule has 2 aliphatic heterocycles. The fraction of sp³-hybridized carbons (Fsp3) is 0.333. The highest BCUT2D eigenvalue weighted by molar-refractivity contribution is 7.80. The maximum atomic E-state index is 11.9. The molecule has 0 spiro atoms. The maximum Gasteiger partial charge on any atom is 0.337 e. The number of rotatable bonds is 2. The van der Waals surface area contributed by atoms with Gasteiger partial charge in [-0.15, -0.1) is 0 Å². The Bertz CT molecular complexity index is 938. The van der Waals surface area contributed by atoms with Gasteiger partial charge in [0.25, 0.3) is 0 Å². The van der Waals surface area contributed by atoms with Gasteiger partial charge in [0, 0.05) is 17.7 Å². The van der Waals surface area contributed by atoms with E-state index in [1.807, 2.05) is 12.1 Å². The Morgan fingerprint density at radius 1 is 1.26 bits per heavy atom. The fourth-order valence-electron chi connectivity index (χ4n) is 4.09. The minimum absolute atomic E-state index is 0.0157. The van der Waals surface area contributed by atoms with E-state index in [0.29, 0.717) is 17.1 Å². The Morgan fingerprint density at radius 3 is 2.63 bits per heavy atom. The van der Waals surface area contributed by atoms with Crippen molar-refractivity contribution in [3.05, 3.63) is 58.7 Å². The molecule has 0 radical (unpaired) electrons. The van der Waals surface area contributed by atoms with Crippen LogP contribution in [0.4, 0.5) is 5.69 Å². The second-order valence-electron chi connectivity index (χ2n) is 7.41. The van der Waals surface area contributed by atoms with Crippen LogP contribution in [0.5, 0.6) is 5.75 Å². The number of anilines is 1. The maximum absolute atomic E-state index is 11.9. The van der Waals surface area contributed by atoms with Crippen LogP contribution in [0.2, 0.25) is 0 Å². The molecule has 2 aliphatic rings. The highest BCUT2D eigenvalue weighted by atomic mass is 32.1. The van der Waals surface area contributed by atoms with Crippen LogP contribution < -0.4 is 15.0 Å². The largest absolute Gasteiger partial charge is 0.467 e. The van der Waals surface area contributed by atoms with Gasteiger partial charge in [0.2, 0.25) is 0 Å². The van der Waals surface area contributed by atoms with Crippen LogP contribution in [0.3, 0.4) is 0 Å². The first-order valence-corrected chi connectivity index (χ1v) is 9.32. The van der Waals surface area contributed by atoms with E-state index < -0.39 is 5.72 Å². The number of methoxy groups -OCH3 is 1. The summed E-state index contributed by atoms with van der Waals surface area (Å²) >= 11 is 5.70. The number of carbonyl (C=O) groups is 1. The van der Waals surface area contributed by atoms with E-state index in [0.717, 1.165) is 17.0 Å². The van der Waals surface area contributed by atoms with Gasteiger partial charge in [-0.05, 0) is 74.4 Å². The molecule has 4 rings (SSSR count). The van der Waals surface area contributed by atoms with Gasteiger partial charge in [-0.25, -0.2) is 4.79 Å². The van der Waals surface area contributed by atoms with Crippen molar-refractivity contribution < 1.29 is 14.3 Å². The number of hydrogen-bond donors (Lipinski definition) is 1. The zero-order chi connectivity index (χ0) is 19.3. The first kappa shape index (κ1) is 17.8. The number of fused-ring (bicyclic) bond motifs is 4. The minimum atomic E-state index is -0.604. The molecule has 2 unspecified atom stereocenters. The molecule has 2 bridgehead atoms. The summed E-state index contributed by atoms with van der Waals surface area (Å²) in [7, 11) is 1.38. The van der Waals surface area contributed by atoms with Crippen LogP contribution in [0.15, 0.2) is 36.4 Å². The van der Waals surface area contributed by atoms with E-state index >= 15 is 0 Å². The fourth-order valence-corrected chi connectivity index (χ4v) is 4.53. The average molecular weight is 382 g/mol. The molecular weight excluding hydrogens is 360 g/mol. The standard InChI is InChI=1S/C21H22N2O3S/c1-12-7-13(2)9-15(8-12)23-20(27)22-17-11-21(23,3)26-18-6-5-14(10-16(17)18)19(24)25-4/h5-10,17H,11H2,1-4H3,(H,22,27). The van der Waals surface area contributed by atoms with E-state index in [1.54, 1.807) is 6.07 Å². The molecule has 0 aliphatic carbocycles. The van der Waals surface area contributed by atoms with E-state index in [-0.39, 0.29) is 12.0 Å². The van der Waals surface area contributed by atoms with Crippen molar-refractivity contribution in [1.82, 2.24) is 5.32 Å². The van der Waals surface area contributed by atoms with Crippen molar-refractivity contribution in [1.29, 1.82) is 0 Å². The Balaban J connectivity index is 1.77. The summed E-state index contributed by atoms with van der Waals surface area (Å²) in [6.07, 6.45) is 0.706. The number of nitrogens with zero attached hydrogens (tertiary/aromatic N) is 1. The molecule has 0 saturated carbocycles. The van der Waals surface area contributed by atoms with Crippen molar-refractivity contribution in [3.8, 4) is 5.75 Å². The quantitative estimate of drug-likeness (QED) is 0.625. The molecule has 2 atom stereocenters. The zero-order valence-electron chi connectivity index (χ0n) is 15.8. The van der Waals surface area contributed by atoms with Gasteiger partial charge in [0.1, 0.15) is 5.75 Å². The third-order valence-electron chi connectivity index (χ3n) is 5.16. The average Bonchev–Trinajstić information content (AvgIpc) is 2.59. The second-order valence-corrected chi connectivity index (χ2v) is 7.80. The first-order chi connectivity index (χ1) is 12.8. The van der Waals surface area contributed by atoms with E-state index in [9.17, 15) is 4.79 Å². The SMILES string of the molecule is COC(=O)c1ccc2c(c1)C1CC(C)(O2)N(c2cc(C)cc(C)c2)C(=S)N1. The molecule has 2 aromatic rings. The lowest BCUT2D eigenvalue weighted by atomic mass is 9.89. The second kappa shape index (κ2) is 6.23. The monoisotopic (exact) mass is 382 g/mol. The van der Waals surface area contributed by atoms with Crippen LogP contribution >= 0.6 is 12.2 Å². The van der Waals surface area contributed by atoms with Crippen molar-refractivity contribution in [3.63, 3.8) is 0 Å². The normalized spacial score (nSPS) is 23.2. The molecular formula is C21H22N2O3S. The summed E-state index contributed by atoms with van der Waals surface area (Å²) in [4.78, 5) is 13.9. The molecule has 5 nitrogen and oxygen atoms in total. The van der Waals surface area contributed by atoms with Crippen molar-refractivity contribution in [2.24, 2.45) is 0 Å². The van der Waals surface area contributed by atoms with Gasteiger partial charge in [0.15, 0.2) is 10.8 Å². The molecule has 6 heteroatoms. The number of aryl methyl sites for hydroxylation is 2. The Hall–Kier alpha value is -2.60. The molecule has 1 fully saturated rings. The van der Waals surface area contributed by atoms with Crippen LogP contribution in [0.25, 0.3) is 0 Å². The van der Waals surface area contributed by atoms with Gasteiger partial charge in [0.05, 0.1) is 18.7 Å². The highest BCUT2D eigenvalue weighted by Gasteiger charge is 2.48. The Kier molecular flexibility index (Phi) is 4.11. The highest BCUT2D eigenvalue weighted by Crippen LogP contribution is 2.46. The first-order valence-electron chi connectivity index (χ1n) is 8.91. The minimum Gasteiger partial charge on any atom is -0.467 e. The van der Waals surface area contributed by atoms with Crippen molar-refractivity contribution >= 4 is 29.0 Å². The van der Waals surface area contributed by atoms with Crippen LogP contribution in [0.1, 0.15) is 46.4 Å². The summed E-state index contributed by atoms with van der Waals surface area (Å²) in [5.74, 6) is 0.396. The number of thiocarbonyl (C=S) groups is 1. The number of benzene rings is 2. The summed E-state index contributed by atoms with van der Waals surface area (Å²) in [5, 5.41) is 4.04. The molecule has 2 aromatic carbocycles. The van der Waals surface area contributed by atoms with E-state index in [4.69, 9.17) is 21.7 Å².